The van der Waals surface area contributed by atoms with Gasteiger partial charge in [0.15, 0.2) is 11.2 Å². The Morgan fingerprint density at radius 1 is 1.53 bits per heavy atom. The standard InChI is InChI=1S/C9H10N5O/c10-9-12-7-6(8(15)13-9)11-4-14(7)3-5-1-2-5/h1,4-5H,2-3H2,(H3,10,12,13,15). The first-order valence-electron chi connectivity index (χ1n) is 4.74. The fraction of sp³-hybridized carbons (Fsp3) is 0.333. The van der Waals surface area contributed by atoms with Gasteiger partial charge < -0.3 is 15.4 Å². The molecule has 0 amide bonds. The van der Waals surface area contributed by atoms with Crippen molar-refractivity contribution in [3.05, 3.63) is 12.7 Å². The molecule has 77 valence electrons. The van der Waals surface area contributed by atoms with Crippen molar-refractivity contribution >= 4 is 17.1 Å². The fourth-order valence-corrected chi connectivity index (χ4v) is 1.58. The maximum Gasteiger partial charge on any atom is 0.244 e. The van der Waals surface area contributed by atoms with Crippen molar-refractivity contribution in [1.82, 2.24) is 19.5 Å². The Bertz CT molecular complexity index is 516. The molecule has 1 unspecified atom stereocenters. The van der Waals surface area contributed by atoms with Crippen LogP contribution in [0.2, 0.25) is 0 Å². The summed E-state index contributed by atoms with van der Waals surface area (Å²) in [5.74, 6) is 0.512. The molecule has 0 spiro atoms. The second-order valence-electron chi connectivity index (χ2n) is 3.71. The van der Waals surface area contributed by atoms with Gasteiger partial charge in [0.05, 0.1) is 6.33 Å². The van der Waals surface area contributed by atoms with Gasteiger partial charge in [-0.1, -0.05) is 0 Å². The summed E-state index contributed by atoms with van der Waals surface area (Å²) in [5.41, 5.74) is 6.47. The number of imidazole rings is 1. The Morgan fingerprint density at radius 3 is 3.07 bits per heavy atom. The van der Waals surface area contributed by atoms with Gasteiger partial charge in [-0.05, 0) is 18.8 Å². The van der Waals surface area contributed by atoms with Crippen LogP contribution in [0.4, 0.5) is 5.95 Å². The fourth-order valence-electron chi connectivity index (χ4n) is 1.58. The summed E-state index contributed by atoms with van der Waals surface area (Å²) in [6.07, 6.45) is 5.01. The molecule has 1 aliphatic carbocycles. The Kier molecular flexibility index (Phi) is 1.59. The van der Waals surface area contributed by atoms with Gasteiger partial charge in [0, 0.05) is 6.54 Å². The van der Waals surface area contributed by atoms with Crippen LogP contribution in [0.15, 0.2) is 6.33 Å². The lowest BCUT2D eigenvalue weighted by molar-refractivity contribution is 0.459. The van der Waals surface area contributed by atoms with E-state index in [1.54, 1.807) is 6.33 Å². The van der Waals surface area contributed by atoms with E-state index in [1.807, 2.05) is 4.57 Å². The van der Waals surface area contributed by atoms with Crippen LogP contribution < -0.4 is 5.73 Å². The molecule has 0 saturated heterocycles. The van der Waals surface area contributed by atoms with Crippen LogP contribution >= 0.6 is 0 Å². The number of nitrogens with zero attached hydrogens (tertiary/aromatic N) is 4. The van der Waals surface area contributed by atoms with Gasteiger partial charge in [0.1, 0.15) is 0 Å². The number of anilines is 1. The molecule has 3 rings (SSSR count). The number of hydrogen-bond acceptors (Lipinski definition) is 5. The van der Waals surface area contributed by atoms with Gasteiger partial charge in [-0.2, -0.15) is 9.97 Å². The largest absolute Gasteiger partial charge is 0.492 e. The Morgan fingerprint density at radius 2 is 2.33 bits per heavy atom. The highest BCUT2D eigenvalue weighted by atomic mass is 16.3. The van der Waals surface area contributed by atoms with Crippen LogP contribution in [0, 0.1) is 12.3 Å². The van der Waals surface area contributed by atoms with Crippen LogP contribution in [0.25, 0.3) is 11.2 Å². The molecule has 2 heterocycles. The van der Waals surface area contributed by atoms with E-state index >= 15 is 0 Å². The van der Waals surface area contributed by atoms with Crippen molar-refractivity contribution in [2.75, 3.05) is 5.73 Å². The summed E-state index contributed by atoms with van der Waals surface area (Å²) in [7, 11) is 0. The van der Waals surface area contributed by atoms with Gasteiger partial charge in [-0.25, -0.2) is 4.98 Å². The summed E-state index contributed by atoms with van der Waals surface area (Å²) >= 11 is 0. The number of aromatic hydroxyl groups is 1. The van der Waals surface area contributed by atoms with E-state index in [0.717, 1.165) is 13.0 Å². The zero-order valence-corrected chi connectivity index (χ0v) is 7.96. The lowest BCUT2D eigenvalue weighted by atomic mass is 10.4. The van der Waals surface area contributed by atoms with Crippen LogP contribution in [0.1, 0.15) is 6.42 Å². The number of nitrogens with two attached hydrogens (primary N) is 1. The van der Waals surface area contributed by atoms with Gasteiger partial charge in [-0.15, -0.1) is 0 Å². The predicted octanol–water partition coefficient (Wildman–Crippen LogP) is 0.338. The molecule has 1 fully saturated rings. The molecule has 6 nitrogen and oxygen atoms in total. The zero-order chi connectivity index (χ0) is 10.4. The Labute approximate surface area is 85.8 Å². The van der Waals surface area contributed by atoms with Gasteiger partial charge in [-0.3, -0.25) is 0 Å². The van der Waals surface area contributed by atoms with E-state index in [0.29, 0.717) is 17.1 Å². The van der Waals surface area contributed by atoms with Gasteiger partial charge in [0.25, 0.3) is 0 Å². The Balaban J connectivity index is 2.14. The highest BCUT2D eigenvalue weighted by molar-refractivity contribution is 5.77. The molecule has 0 bridgehead atoms. The first-order chi connectivity index (χ1) is 7.24. The topological polar surface area (TPSA) is 89.9 Å². The SMILES string of the molecule is Nc1nc(O)c2ncn(CC3[CH]C3)c2n1. The molecule has 0 aromatic carbocycles. The molecule has 0 aliphatic heterocycles. The molecular formula is C9H10N5O. The van der Waals surface area contributed by atoms with E-state index < -0.39 is 0 Å². The minimum atomic E-state index is -0.156. The monoisotopic (exact) mass is 204 g/mol. The van der Waals surface area contributed by atoms with Crippen molar-refractivity contribution in [2.45, 2.75) is 13.0 Å². The molecule has 1 atom stereocenters. The van der Waals surface area contributed by atoms with Gasteiger partial charge in [0.2, 0.25) is 11.8 Å². The Hall–Kier alpha value is -1.85. The molecule has 2 aromatic rings. The third-order valence-corrected chi connectivity index (χ3v) is 2.46. The number of aromatic nitrogens is 4. The average Bonchev–Trinajstić information content (AvgIpc) is 2.89. The first-order valence-corrected chi connectivity index (χ1v) is 4.74. The molecule has 1 saturated carbocycles. The maximum absolute atomic E-state index is 9.50. The molecule has 6 heteroatoms. The third-order valence-electron chi connectivity index (χ3n) is 2.46. The highest BCUT2D eigenvalue weighted by Crippen LogP contribution is 2.30. The van der Waals surface area contributed by atoms with Crippen LogP contribution in [0.5, 0.6) is 5.88 Å². The predicted molar refractivity (Wildman–Crippen MR) is 53.8 cm³/mol. The quantitative estimate of drug-likeness (QED) is 0.736. The minimum absolute atomic E-state index is 0.0709. The highest BCUT2D eigenvalue weighted by Gasteiger charge is 2.23. The third kappa shape index (κ3) is 1.38. The van der Waals surface area contributed by atoms with Crippen molar-refractivity contribution in [3.63, 3.8) is 0 Å². The molecular weight excluding hydrogens is 194 g/mol. The normalized spacial score (nSPS) is 16.0. The van der Waals surface area contributed by atoms with Crippen molar-refractivity contribution in [3.8, 4) is 5.88 Å². The lowest BCUT2D eigenvalue weighted by Gasteiger charge is -2.01. The van der Waals surface area contributed by atoms with E-state index in [-0.39, 0.29) is 11.8 Å². The summed E-state index contributed by atoms with van der Waals surface area (Å²) in [4.78, 5) is 11.8. The summed E-state index contributed by atoms with van der Waals surface area (Å²) < 4.78 is 1.89. The summed E-state index contributed by atoms with van der Waals surface area (Å²) in [5, 5.41) is 9.50. The summed E-state index contributed by atoms with van der Waals surface area (Å²) in [6, 6.07) is 0. The van der Waals surface area contributed by atoms with Crippen LogP contribution in [-0.4, -0.2) is 24.6 Å². The van der Waals surface area contributed by atoms with Crippen molar-refractivity contribution < 1.29 is 5.11 Å². The summed E-state index contributed by atoms with van der Waals surface area (Å²) in [6.45, 7) is 0.840. The molecule has 15 heavy (non-hydrogen) atoms. The number of nitrogen functional groups attached to an aromatic ring is 1. The van der Waals surface area contributed by atoms with E-state index in [4.69, 9.17) is 5.73 Å². The van der Waals surface area contributed by atoms with E-state index in [1.165, 1.54) is 0 Å². The average molecular weight is 204 g/mol. The molecule has 1 radical (unpaired) electrons. The smallest absolute Gasteiger partial charge is 0.244 e. The maximum atomic E-state index is 9.50. The van der Waals surface area contributed by atoms with Crippen LogP contribution in [0.3, 0.4) is 0 Å². The second-order valence-corrected chi connectivity index (χ2v) is 3.71. The van der Waals surface area contributed by atoms with Gasteiger partial charge >= 0.3 is 0 Å². The van der Waals surface area contributed by atoms with Crippen molar-refractivity contribution in [2.24, 2.45) is 5.92 Å². The number of rotatable bonds is 2. The number of fused-ring (bicyclic) bond motifs is 1. The molecule has 3 N–H and O–H groups in total. The number of hydrogen-bond donors (Lipinski definition) is 2. The zero-order valence-electron chi connectivity index (χ0n) is 7.96. The molecule has 2 aromatic heterocycles. The minimum Gasteiger partial charge on any atom is -0.492 e. The van der Waals surface area contributed by atoms with Crippen LogP contribution in [-0.2, 0) is 6.54 Å². The molecule has 1 aliphatic rings. The van der Waals surface area contributed by atoms with E-state index in [9.17, 15) is 5.11 Å². The second kappa shape index (κ2) is 2.82. The van der Waals surface area contributed by atoms with E-state index in [2.05, 4.69) is 21.4 Å². The first kappa shape index (κ1) is 8.46. The lowest BCUT2D eigenvalue weighted by Crippen LogP contribution is -2.02. The van der Waals surface area contributed by atoms with Crippen molar-refractivity contribution in [1.29, 1.82) is 0 Å².